The highest BCUT2D eigenvalue weighted by molar-refractivity contribution is 7.98. The zero-order valence-electron chi connectivity index (χ0n) is 15.9. The molecule has 0 saturated carbocycles. The fraction of sp³-hybridized carbons (Fsp3) is 0.0435. The first-order chi connectivity index (χ1) is 14.5. The highest BCUT2D eigenvalue weighted by atomic mass is 35.5. The molecule has 3 aromatic carbocycles. The molecule has 150 valence electrons. The van der Waals surface area contributed by atoms with E-state index in [9.17, 15) is 9.18 Å². The van der Waals surface area contributed by atoms with Crippen molar-refractivity contribution in [3.63, 3.8) is 0 Å². The second-order valence-electron chi connectivity index (χ2n) is 6.40. The number of halogens is 2. The Morgan fingerprint density at radius 3 is 2.57 bits per heavy atom. The fourth-order valence-corrected chi connectivity index (χ4v) is 4.41. The smallest absolute Gasteiger partial charge is 0.256 e. The lowest BCUT2D eigenvalue weighted by atomic mass is 9.99. The molecular formula is C23H16ClFN2OS2. The van der Waals surface area contributed by atoms with Crippen LogP contribution in [0.25, 0.3) is 21.7 Å². The highest BCUT2D eigenvalue weighted by Crippen LogP contribution is 2.33. The molecule has 0 radical (unpaired) electrons. The number of nitrogens with zero attached hydrogens (tertiary/aromatic N) is 1. The summed E-state index contributed by atoms with van der Waals surface area (Å²) in [6.45, 7) is 0. The Bertz CT molecular complexity index is 1190. The van der Waals surface area contributed by atoms with Gasteiger partial charge in [0.1, 0.15) is 10.8 Å². The number of hydrogen-bond acceptors (Lipinski definition) is 4. The largest absolute Gasteiger partial charge is 0.322 e. The Morgan fingerprint density at radius 2 is 1.87 bits per heavy atom. The fourth-order valence-electron chi connectivity index (χ4n) is 3.04. The van der Waals surface area contributed by atoms with E-state index in [1.54, 1.807) is 48.3 Å². The topological polar surface area (TPSA) is 42.0 Å². The van der Waals surface area contributed by atoms with Gasteiger partial charge in [-0.2, -0.15) is 0 Å². The molecule has 1 heterocycles. The van der Waals surface area contributed by atoms with Crippen LogP contribution in [0.15, 0.2) is 77.1 Å². The summed E-state index contributed by atoms with van der Waals surface area (Å²) in [5.41, 5.74) is 3.41. The normalized spacial score (nSPS) is 10.8. The summed E-state index contributed by atoms with van der Waals surface area (Å²) in [6.07, 6.45) is 3.68. The van der Waals surface area contributed by atoms with Crippen molar-refractivity contribution < 1.29 is 9.18 Å². The van der Waals surface area contributed by atoms with E-state index >= 15 is 0 Å². The van der Waals surface area contributed by atoms with E-state index in [0.29, 0.717) is 16.3 Å². The van der Waals surface area contributed by atoms with Crippen LogP contribution < -0.4 is 5.32 Å². The van der Waals surface area contributed by atoms with Gasteiger partial charge in [0.05, 0.1) is 5.02 Å². The molecule has 0 bridgehead atoms. The Kier molecular flexibility index (Phi) is 6.18. The first-order valence-electron chi connectivity index (χ1n) is 9.00. The molecule has 0 saturated heterocycles. The number of amides is 1. The maximum atomic E-state index is 13.4. The summed E-state index contributed by atoms with van der Waals surface area (Å²) in [7, 11) is 0. The van der Waals surface area contributed by atoms with Gasteiger partial charge >= 0.3 is 0 Å². The molecule has 0 unspecified atom stereocenters. The maximum Gasteiger partial charge on any atom is 0.256 e. The molecule has 30 heavy (non-hydrogen) atoms. The molecule has 0 spiro atoms. The van der Waals surface area contributed by atoms with Crippen LogP contribution in [0.2, 0.25) is 5.02 Å². The second-order valence-corrected chi connectivity index (χ2v) is 8.59. The van der Waals surface area contributed by atoms with Crippen molar-refractivity contribution in [1.82, 2.24) is 4.98 Å². The molecule has 0 atom stereocenters. The summed E-state index contributed by atoms with van der Waals surface area (Å²) >= 11 is 9.37. The van der Waals surface area contributed by atoms with Crippen LogP contribution in [-0.2, 0) is 0 Å². The van der Waals surface area contributed by atoms with Crippen LogP contribution in [0.1, 0.15) is 10.4 Å². The predicted molar refractivity (Wildman–Crippen MR) is 124 cm³/mol. The predicted octanol–water partition coefficient (Wildman–Crippen LogP) is 7.24. The van der Waals surface area contributed by atoms with Crippen LogP contribution in [0.4, 0.5) is 10.1 Å². The summed E-state index contributed by atoms with van der Waals surface area (Å²) in [6, 6.07) is 17.1. The number of benzene rings is 3. The molecule has 3 nitrogen and oxygen atoms in total. The van der Waals surface area contributed by atoms with Crippen LogP contribution in [-0.4, -0.2) is 17.1 Å². The first-order valence-corrected chi connectivity index (χ1v) is 11.5. The van der Waals surface area contributed by atoms with Crippen molar-refractivity contribution in [2.75, 3.05) is 11.6 Å². The zero-order valence-corrected chi connectivity index (χ0v) is 18.2. The summed E-state index contributed by atoms with van der Waals surface area (Å²) in [5, 5.41) is 6.17. The van der Waals surface area contributed by atoms with E-state index in [4.69, 9.17) is 11.6 Å². The molecule has 4 aromatic rings. The van der Waals surface area contributed by atoms with E-state index < -0.39 is 0 Å². The van der Waals surface area contributed by atoms with Crippen molar-refractivity contribution in [3.8, 4) is 21.7 Å². The lowest BCUT2D eigenvalue weighted by Crippen LogP contribution is -2.13. The minimum absolute atomic E-state index is 0.255. The summed E-state index contributed by atoms with van der Waals surface area (Å²) in [5.74, 6) is -0.573. The van der Waals surface area contributed by atoms with Gasteiger partial charge in [-0.1, -0.05) is 23.7 Å². The number of carbonyl (C=O) groups is 1. The van der Waals surface area contributed by atoms with Crippen LogP contribution in [0, 0.1) is 5.82 Å². The molecule has 0 aliphatic carbocycles. The highest BCUT2D eigenvalue weighted by Gasteiger charge is 2.15. The third-order valence-corrected chi connectivity index (χ3v) is 6.37. The van der Waals surface area contributed by atoms with Crippen molar-refractivity contribution in [2.24, 2.45) is 0 Å². The molecule has 1 amide bonds. The third-order valence-electron chi connectivity index (χ3n) is 4.51. The quantitative estimate of drug-likeness (QED) is 0.323. The zero-order chi connectivity index (χ0) is 21.1. The van der Waals surface area contributed by atoms with Gasteiger partial charge in [0, 0.05) is 33.3 Å². The lowest BCUT2D eigenvalue weighted by molar-refractivity contribution is 0.102. The van der Waals surface area contributed by atoms with Crippen molar-refractivity contribution in [3.05, 3.63) is 88.6 Å². The molecule has 1 aromatic heterocycles. The summed E-state index contributed by atoms with van der Waals surface area (Å²) in [4.78, 5) is 18.4. The number of rotatable bonds is 5. The van der Waals surface area contributed by atoms with Crippen molar-refractivity contribution in [1.29, 1.82) is 0 Å². The SMILES string of the molecule is CSc1ccc(C(=O)Nc2ccc(Cl)c(-c3nccs3)c2)c(-c2ccc(F)cc2)c1. The van der Waals surface area contributed by atoms with Crippen LogP contribution >= 0.6 is 34.7 Å². The van der Waals surface area contributed by atoms with Gasteiger partial charge in [0.25, 0.3) is 5.91 Å². The Balaban J connectivity index is 1.69. The van der Waals surface area contributed by atoms with Gasteiger partial charge in [-0.25, -0.2) is 9.37 Å². The molecular weight excluding hydrogens is 439 g/mol. The number of carbonyl (C=O) groups excluding carboxylic acids is 1. The Labute approximate surface area is 186 Å². The Morgan fingerprint density at radius 1 is 1.07 bits per heavy atom. The van der Waals surface area contributed by atoms with E-state index in [2.05, 4.69) is 10.3 Å². The standard InChI is InChI=1S/C23H16ClFN2OS2/c1-29-17-7-8-18(19(13-17)14-2-4-15(25)5-3-14)22(28)27-16-6-9-21(24)20(12-16)23-26-10-11-30-23/h2-13H,1H3,(H,27,28). The van der Waals surface area contributed by atoms with Gasteiger partial charge in [0.15, 0.2) is 0 Å². The lowest BCUT2D eigenvalue weighted by Gasteiger charge is -2.13. The molecule has 7 heteroatoms. The first kappa shape index (κ1) is 20.6. The third kappa shape index (κ3) is 4.41. The van der Waals surface area contributed by atoms with Crippen molar-refractivity contribution >= 4 is 46.3 Å². The van der Waals surface area contributed by atoms with E-state index in [1.807, 2.05) is 29.8 Å². The number of thioether (sulfide) groups is 1. The van der Waals surface area contributed by atoms with Gasteiger partial charge in [-0.3, -0.25) is 4.79 Å². The summed E-state index contributed by atoms with van der Waals surface area (Å²) < 4.78 is 13.4. The second kappa shape index (κ2) is 9.00. The Hall–Kier alpha value is -2.67. The average molecular weight is 455 g/mol. The molecule has 0 fully saturated rings. The molecule has 0 aliphatic heterocycles. The number of hydrogen-bond donors (Lipinski definition) is 1. The van der Waals surface area contributed by atoms with Gasteiger partial charge in [-0.15, -0.1) is 23.1 Å². The van der Waals surface area contributed by atoms with E-state index in [-0.39, 0.29) is 11.7 Å². The van der Waals surface area contributed by atoms with Gasteiger partial charge in [-0.05, 0) is 65.9 Å². The van der Waals surface area contributed by atoms with Gasteiger partial charge < -0.3 is 5.32 Å². The molecule has 1 N–H and O–H groups in total. The number of aromatic nitrogens is 1. The van der Waals surface area contributed by atoms with Crippen molar-refractivity contribution in [2.45, 2.75) is 4.90 Å². The van der Waals surface area contributed by atoms with Gasteiger partial charge in [0.2, 0.25) is 0 Å². The molecule has 0 aliphatic rings. The maximum absolute atomic E-state index is 13.4. The van der Waals surface area contributed by atoms with E-state index in [1.165, 1.54) is 23.5 Å². The van der Waals surface area contributed by atoms with Crippen LogP contribution in [0.5, 0.6) is 0 Å². The number of nitrogens with one attached hydrogen (secondary N) is 1. The number of anilines is 1. The van der Waals surface area contributed by atoms with E-state index in [0.717, 1.165) is 26.6 Å². The monoisotopic (exact) mass is 454 g/mol. The minimum Gasteiger partial charge on any atom is -0.322 e. The number of thiazole rings is 1. The van der Waals surface area contributed by atoms with Crippen LogP contribution in [0.3, 0.4) is 0 Å². The minimum atomic E-state index is -0.318. The average Bonchev–Trinajstić information content (AvgIpc) is 3.30. The molecule has 4 rings (SSSR count).